The second-order valence-corrected chi connectivity index (χ2v) is 6.62. The third kappa shape index (κ3) is 4.79. The zero-order valence-electron chi connectivity index (χ0n) is 15.6. The average Bonchev–Trinajstić information content (AvgIpc) is 2.74. The molecule has 8 heteroatoms. The highest BCUT2D eigenvalue weighted by Gasteiger charge is 2.29. The van der Waals surface area contributed by atoms with Crippen molar-refractivity contribution < 1.29 is 19.4 Å². The van der Waals surface area contributed by atoms with E-state index in [1.54, 1.807) is 0 Å². The summed E-state index contributed by atoms with van der Waals surface area (Å²) in [4.78, 5) is 24.1. The molecule has 0 aromatic heterocycles. The first kappa shape index (κ1) is 19.7. The van der Waals surface area contributed by atoms with Gasteiger partial charge in [-0.05, 0) is 13.0 Å². The number of carbonyl (C=O) groups excluding carboxylic acids is 1. The lowest BCUT2D eigenvalue weighted by Gasteiger charge is -2.31. The van der Waals surface area contributed by atoms with Gasteiger partial charge in [-0.1, -0.05) is 36.4 Å². The third-order valence-corrected chi connectivity index (χ3v) is 4.75. The number of hydrogen-bond donors (Lipinski definition) is 2. The van der Waals surface area contributed by atoms with Gasteiger partial charge < -0.3 is 9.64 Å². The molecule has 1 aliphatic heterocycles. The quantitative estimate of drug-likeness (QED) is 0.447. The van der Waals surface area contributed by atoms with E-state index in [0.717, 1.165) is 24.4 Å². The fraction of sp³-hybridized carbons (Fsp3) is 0.300. The molecule has 1 amide bonds. The SMILES string of the molecule is C/C(=N/NC(=O)c1cccc([N+](=O)[O-])c1)[C@H](c1ccccc1)[NH+]1CCOCC1. The van der Waals surface area contributed by atoms with Crippen LogP contribution in [0.25, 0.3) is 0 Å². The first-order chi connectivity index (χ1) is 13.6. The molecule has 8 nitrogen and oxygen atoms in total. The largest absolute Gasteiger partial charge is 0.370 e. The number of rotatable bonds is 6. The number of nitro groups is 1. The van der Waals surface area contributed by atoms with Crippen molar-refractivity contribution >= 4 is 17.3 Å². The van der Waals surface area contributed by atoms with Crippen LogP contribution < -0.4 is 10.3 Å². The molecule has 2 N–H and O–H groups in total. The molecule has 0 aliphatic carbocycles. The molecule has 2 aromatic rings. The second kappa shape index (κ2) is 9.20. The Kier molecular flexibility index (Phi) is 6.46. The maximum absolute atomic E-state index is 12.4. The monoisotopic (exact) mass is 383 g/mol. The zero-order valence-corrected chi connectivity index (χ0v) is 15.6. The Morgan fingerprint density at radius 3 is 2.57 bits per heavy atom. The van der Waals surface area contributed by atoms with E-state index in [4.69, 9.17) is 4.74 Å². The third-order valence-electron chi connectivity index (χ3n) is 4.75. The number of benzene rings is 2. The molecule has 146 valence electrons. The van der Waals surface area contributed by atoms with Gasteiger partial charge in [0.2, 0.25) is 0 Å². The number of hydrogen-bond acceptors (Lipinski definition) is 5. The van der Waals surface area contributed by atoms with Crippen LogP contribution in [0.3, 0.4) is 0 Å². The molecule has 0 saturated carbocycles. The summed E-state index contributed by atoms with van der Waals surface area (Å²) in [6.45, 7) is 4.96. The van der Waals surface area contributed by atoms with E-state index in [2.05, 4.69) is 22.7 Å². The number of nitrogens with one attached hydrogen (secondary N) is 2. The van der Waals surface area contributed by atoms with Gasteiger partial charge in [0.15, 0.2) is 6.04 Å². The van der Waals surface area contributed by atoms with Crippen LogP contribution in [-0.2, 0) is 4.74 Å². The summed E-state index contributed by atoms with van der Waals surface area (Å²) < 4.78 is 5.47. The molecule has 0 radical (unpaired) electrons. The Balaban J connectivity index is 1.79. The van der Waals surface area contributed by atoms with Gasteiger partial charge in [-0.15, -0.1) is 0 Å². The van der Waals surface area contributed by atoms with Gasteiger partial charge in [0.1, 0.15) is 13.1 Å². The maximum Gasteiger partial charge on any atom is 0.271 e. The lowest BCUT2D eigenvalue weighted by atomic mass is 10.0. The van der Waals surface area contributed by atoms with Crippen molar-refractivity contribution in [3.05, 3.63) is 75.8 Å². The normalized spacial score (nSPS) is 16.4. The summed E-state index contributed by atoms with van der Waals surface area (Å²) in [5, 5.41) is 15.2. The fourth-order valence-corrected chi connectivity index (χ4v) is 3.37. The van der Waals surface area contributed by atoms with Gasteiger partial charge in [0.25, 0.3) is 11.6 Å². The number of quaternary nitrogens is 1. The van der Waals surface area contributed by atoms with Crippen molar-refractivity contribution in [2.75, 3.05) is 26.3 Å². The van der Waals surface area contributed by atoms with Gasteiger partial charge in [0.05, 0.1) is 23.8 Å². The van der Waals surface area contributed by atoms with Crippen LogP contribution in [0.1, 0.15) is 28.9 Å². The molecule has 1 atom stereocenters. The number of amides is 1. The van der Waals surface area contributed by atoms with Crippen LogP contribution in [-0.4, -0.2) is 42.8 Å². The van der Waals surface area contributed by atoms with Crippen LogP contribution in [0.15, 0.2) is 59.7 Å². The number of hydrazone groups is 1. The molecule has 0 unspecified atom stereocenters. The highest BCUT2D eigenvalue weighted by molar-refractivity contribution is 5.96. The fourth-order valence-electron chi connectivity index (χ4n) is 3.37. The number of nitrogens with zero attached hydrogens (tertiary/aromatic N) is 2. The lowest BCUT2D eigenvalue weighted by Crippen LogP contribution is -3.15. The predicted octanol–water partition coefficient (Wildman–Crippen LogP) is 1.36. The van der Waals surface area contributed by atoms with Gasteiger partial charge in [-0.2, -0.15) is 5.10 Å². The highest BCUT2D eigenvalue weighted by atomic mass is 16.6. The Bertz CT molecular complexity index is 864. The van der Waals surface area contributed by atoms with Crippen molar-refractivity contribution in [1.82, 2.24) is 5.43 Å². The summed E-state index contributed by atoms with van der Waals surface area (Å²) >= 11 is 0. The molecule has 28 heavy (non-hydrogen) atoms. The molecule has 0 bridgehead atoms. The minimum Gasteiger partial charge on any atom is -0.370 e. The molecular weight excluding hydrogens is 360 g/mol. The summed E-state index contributed by atoms with van der Waals surface area (Å²) in [7, 11) is 0. The number of nitro benzene ring substituents is 1. The number of morpholine rings is 1. The van der Waals surface area contributed by atoms with Gasteiger partial charge in [-0.25, -0.2) is 5.43 Å². The molecule has 2 aromatic carbocycles. The smallest absolute Gasteiger partial charge is 0.271 e. The molecular formula is C20H23N4O4+. The van der Waals surface area contributed by atoms with Crippen molar-refractivity contribution in [2.45, 2.75) is 13.0 Å². The molecule has 1 fully saturated rings. The van der Waals surface area contributed by atoms with Crippen LogP contribution in [0.4, 0.5) is 5.69 Å². The predicted molar refractivity (Wildman–Crippen MR) is 104 cm³/mol. The van der Waals surface area contributed by atoms with Gasteiger partial charge >= 0.3 is 0 Å². The highest BCUT2D eigenvalue weighted by Crippen LogP contribution is 2.14. The summed E-state index contributed by atoms with van der Waals surface area (Å²) in [6, 6.07) is 15.6. The van der Waals surface area contributed by atoms with Crippen molar-refractivity contribution in [3.63, 3.8) is 0 Å². The topological polar surface area (TPSA) is 98.3 Å². The van der Waals surface area contributed by atoms with E-state index < -0.39 is 10.8 Å². The minimum atomic E-state index is -0.529. The van der Waals surface area contributed by atoms with Crippen LogP contribution >= 0.6 is 0 Å². The summed E-state index contributed by atoms with van der Waals surface area (Å²) in [6.07, 6.45) is 0. The van der Waals surface area contributed by atoms with E-state index in [1.807, 2.05) is 25.1 Å². The Labute approximate surface area is 163 Å². The first-order valence-corrected chi connectivity index (χ1v) is 9.12. The van der Waals surface area contributed by atoms with E-state index in [0.29, 0.717) is 13.2 Å². The molecule has 0 spiro atoms. The van der Waals surface area contributed by atoms with Crippen molar-refractivity contribution in [1.29, 1.82) is 0 Å². The summed E-state index contributed by atoms with van der Waals surface area (Å²) in [5.41, 5.74) is 4.48. The van der Waals surface area contributed by atoms with E-state index >= 15 is 0 Å². The number of ether oxygens (including phenoxy) is 1. The first-order valence-electron chi connectivity index (χ1n) is 9.12. The zero-order chi connectivity index (χ0) is 19.9. The Morgan fingerprint density at radius 1 is 1.18 bits per heavy atom. The van der Waals surface area contributed by atoms with E-state index in [9.17, 15) is 14.9 Å². The van der Waals surface area contributed by atoms with Crippen LogP contribution in [0.2, 0.25) is 0 Å². The van der Waals surface area contributed by atoms with Crippen molar-refractivity contribution in [3.8, 4) is 0 Å². The van der Waals surface area contributed by atoms with E-state index in [1.165, 1.54) is 29.2 Å². The van der Waals surface area contributed by atoms with Crippen molar-refractivity contribution in [2.24, 2.45) is 5.10 Å². The molecule has 1 heterocycles. The van der Waals surface area contributed by atoms with Gasteiger partial charge in [0, 0.05) is 23.3 Å². The standard InChI is InChI=1S/C20H22N4O4/c1-15(21-22-20(25)17-8-5-9-18(14-17)24(26)27)19(16-6-3-2-4-7-16)23-10-12-28-13-11-23/h2-9,14,19H,10-13H2,1H3,(H,22,25)/p+1/b21-15-/t19-/m1/s1. The minimum absolute atomic E-state index is 0.00416. The molecule has 1 aliphatic rings. The number of carbonyl (C=O) groups is 1. The van der Waals surface area contributed by atoms with Crippen LogP contribution in [0, 0.1) is 10.1 Å². The maximum atomic E-state index is 12.4. The molecule has 3 rings (SSSR count). The van der Waals surface area contributed by atoms with Crippen LogP contribution in [0.5, 0.6) is 0 Å². The lowest BCUT2D eigenvalue weighted by molar-refractivity contribution is -0.928. The van der Waals surface area contributed by atoms with E-state index in [-0.39, 0.29) is 17.3 Å². The Hall–Kier alpha value is -3.10. The van der Waals surface area contributed by atoms with Gasteiger partial charge in [-0.3, -0.25) is 14.9 Å². The second-order valence-electron chi connectivity index (χ2n) is 6.62. The average molecular weight is 383 g/mol. The number of non-ortho nitro benzene ring substituents is 1. The Morgan fingerprint density at radius 2 is 1.89 bits per heavy atom. The molecule has 1 saturated heterocycles. The summed E-state index contributed by atoms with van der Waals surface area (Å²) in [5.74, 6) is -0.480.